The Morgan fingerprint density at radius 1 is 1.29 bits per heavy atom. The van der Waals surface area contributed by atoms with Gasteiger partial charge in [-0.3, -0.25) is 4.90 Å². The van der Waals surface area contributed by atoms with Crippen LogP contribution >= 0.6 is 0 Å². The van der Waals surface area contributed by atoms with E-state index in [0.717, 1.165) is 13.2 Å². The monoisotopic (exact) mass is 288 g/mol. The standard InChI is InChI=1S/C18H28N2O/c1-13-6-5-7-15(14(13)2)17(12-19)20-10-11-21-18-9-4-3-8-16(18)20/h5-7,16-18H,3-4,8-12,19H2,1-2H3. The molecule has 21 heavy (non-hydrogen) atoms. The van der Waals surface area contributed by atoms with Crippen molar-refractivity contribution in [3.05, 3.63) is 34.9 Å². The van der Waals surface area contributed by atoms with Crippen LogP contribution in [0.25, 0.3) is 0 Å². The Morgan fingerprint density at radius 3 is 2.90 bits per heavy atom. The summed E-state index contributed by atoms with van der Waals surface area (Å²) in [7, 11) is 0. The molecule has 0 bridgehead atoms. The van der Waals surface area contributed by atoms with E-state index in [9.17, 15) is 0 Å². The fourth-order valence-electron chi connectivity index (χ4n) is 4.09. The minimum absolute atomic E-state index is 0.333. The molecular formula is C18H28N2O. The lowest BCUT2D eigenvalue weighted by Gasteiger charge is -2.47. The third-order valence-electron chi connectivity index (χ3n) is 5.40. The Morgan fingerprint density at radius 2 is 2.10 bits per heavy atom. The average Bonchev–Trinajstić information content (AvgIpc) is 2.52. The van der Waals surface area contributed by atoms with E-state index in [1.54, 1.807) is 0 Å². The van der Waals surface area contributed by atoms with E-state index in [1.807, 2.05) is 0 Å². The van der Waals surface area contributed by atoms with Crippen LogP contribution in [0.15, 0.2) is 18.2 Å². The molecule has 0 aromatic heterocycles. The number of hydrogen-bond acceptors (Lipinski definition) is 3. The highest BCUT2D eigenvalue weighted by molar-refractivity contribution is 5.35. The Hall–Kier alpha value is -0.900. The summed E-state index contributed by atoms with van der Waals surface area (Å²) in [4.78, 5) is 2.63. The zero-order valence-corrected chi connectivity index (χ0v) is 13.3. The number of fused-ring (bicyclic) bond motifs is 1. The zero-order valence-electron chi connectivity index (χ0n) is 13.3. The van der Waals surface area contributed by atoms with Crippen molar-refractivity contribution in [3.63, 3.8) is 0 Å². The first-order valence-corrected chi connectivity index (χ1v) is 8.36. The summed E-state index contributed by atoms with van der Waals surface area (Å²) in [6.07, 6.45) is 5.53. The molecular weight excluding hydrogens is 260 g/mol. The first-order chi connectivity index (χ1) is 10.2. The largest absolute Gasteiger partial charge is 0.375 e. The van der Waals surface area contributed by atoms with Crippen molar-refractivity contribution < 1.29 is 4.74 Å². The van der Waals surface area contributed by atoms with Gasteiger partial charge >= 0.3 is 0 Å². The Kier molecular flexibility index (Phi) is 4.63. The summed E-state index contributed by atoms with van der Waals surface area (Å²) in [6.45, 7) is 6.97. The highest BCUT2D eigenvalue weighted by atomic mass is 16.5. The molecule has 1 heterocycles. The molecule has 1 saturated heterocycles. The van der Waals surface area contributed by atoms with Gasteiger partial charge in [-0.2, -0.15) is 0 Å². The van der Waals surface area contributed by atoms with E-state index in [1.165, 1.54) is 42.4 Å². The topological polar surface area (TPSA) is 38.5 Å². The van der Waals surface area contributed by atoms with E-state index in [-0.39, 0.29) is 0 Å². The van der Waals surface area contributed by atoms with Gasteiger partial charge in [0.05, 0.1) is 12.7 Å². The molecule has 116 valence electrons. The molecule has 3 unspecified atom stereocenters. The van der Waals surface area contributed by atoms with Gasteiger partial charge < -0.3 is 10.5 Å². The predicted octanol–water partition coefficient (Wildman–Crippen LogP) is 2.95. The second kappa shape index (κ2) is 6.47. The smallest absolute Gasteiger partial charge is 0.0731 e. The highest BCUT2D eigenvalue weighted by Crippen LogP contribution is 2.35. The number of morpholine rings is 1. The number of benzene rings is 1. The van der Waals surface area contributed by atoms with Crippen LogP contribution in [0.1, 0.15) is 48.4 Å². The molecule has 2 aliphatic rings. The Bertz CT molecular complexity index is 486. The van der Waals surface area contributed by atoms with Gasteiger partial charge in [0.2, 0.25) is 0 Å². The lowest BCUT2D eigenvalue weighted by atomic mass is 9.87. The normalized spacial score (nSPS) is 28.1. The lowest BCUT2D eigenvalue weighted by Crippen LogP contribution is -2.55. The highest BCUT2D eigenvalue weighted by Gasteiger charge is 2.37. The van der Waals surface area contributed by atoms with Crippen LogP contribution in [-0.4, -0.2) is 36.7 Å². The third-order valence-corrected chi connectivity index (χ3v) is 5.40. The number of ether oxygens (including phenoxy) is 1. The average molecular weight is 288 g/mol. The van der Waals surface area contributed by atoms with Gasteiger partial charge in [-0.1, -0.05) is 31.0 Å². The third kappa shape index (κ3) is 2.87. The van der Waals surface area contributed by atoms with Crippen LogP contribution in [0.3, 0.4) is 0 Å². The fourth-order valence-corrected chi connectivity index (χ4v) is 4.09. The van der Waals surface area contributed by atoms with Crippen molar-refractivity contribution in [2.75, 3.05) is 19.7 Å². The molecule has 3 heteroatoms. The number of nitrogens with zero attached hydrogens (tertiary/aromatic N) is 1. The molecule has 0 amide bonds. The van der Waals surface area contributed by atoms with Gasteiger partial charge in [0, 0.05) is 25.2 Å². The zero-order chi connectivity index (χ0) is 14.8. The summed E-state index contributed by atoms with van der Waals surface area (Å²) in [5.41, 5.74) is 10.4. The fraction of sp³-hybridized carbons (Fsp3) is 0.667. The van der Waals surface area contributed by atoms with Gasteiger partial charge in [-0.05, 0) is 43.4 Å². The van der Waals surface area contributed by atoms with Crippen molar-refractivity contribution >= 4 is 0 Å². The summed E-state index contributed by atoms with van der Waals surface area (Å²) < 4.78 is 6.01. The maximum absolute atomic E-state index is 6.19. The van der Waals surface area contributed by atoms with Gasteiger partial charge in [0.15, 0.2) is 0 Å². The molecule has 3 rings (SSSR count). The lowest BCUT2D eigenvalue weighted by molar-refractivity contribution is -0.102. The number of hydrogen-bond donors (Lipinski definition) is 1. The first-order valence-electron chi connectivity index (χ1n) is 8.36. The summed E-state index contributed by atoms with van der Waals surface area (Å²) in [6, 6.07) is 7.50. The molecule has 0 spiro atoms. The molecule has 3 atom stereocenters. The van der Waals surface area contributed by atoms with Crippen molar-refractivity contribution in [1.29, 1.82) is 0 Å². The number of nitrogens with two attached hydrogens (primary N) is 1. The molecule has 3 nitrogen and oxygen atoms in total. The van der Waals surface area contributed by atoms with E-state index in [0.29, 0.717) is 24.7 Å². The first kappa shape index (κ1) is 15.0. The summed E-state index contributed by atoms with van der Waals surface area (Å²) in [5, 5.41) is 0. The molecule has 2 fully saturated rings. The van der Waals surface area contributed by atoms with Crippen molar-refractivity contribution in [2.45, 2.75) is 57.7 Å². The molecule has 1 aromatic rings. The molecule has 2 N–H and O–H groups in total. The summed E-state index contributed by atoms with van der Waals surface area (Å²) in [5.74, 6) is 0. The minimum Gasteiger partial charge on any atom is -0.375 e. The van der Waals surface area contributed by atoms with Gasteiger partial charge in [0.1, 0.15) is 0 Å². The molecule has 0 radical (unpaired) electrons. The minimum atomic E-state index is 0.333. The van der Waals surface area contributed by atoms with Crippen molar-refractivity contribution in [3.8, 4) is 0 Å². The van der Waals surface area contributed by atoms with E-state index in [4.69, 9.17) is 10.5 Å². The number of aryl methyl sites for hydroxylation is 1. The second-order valence-electron chi connectivity index (χ2n) is 6.54. The van der Waals surface area contributed by atoms with Crippen LogP contribution < -0.4 is 5.73 Å². The molecule has 1 aromatic carbocycles. The maximum Gasteiger partial charge on any atom is 0.0731 e. The van der Waals surface area contributed by atoms with Crippen molar-refractivity contribution in [2.24, 2.45) is 5.73 Å². The molecule has 1 aliphatic carbocycles. The van der Waals surface area contributed by atoms with Gasteiger partial charge in [0.25, 0.3) is 0 Å². The quantitative estimate of drug-likeness (QED) is 0.929. The van der Waals surface area contributed by atoms with Crippen LogP contribution in [0.5, 0.6) is 0 Å². The van der Waals surface area contributed by atoms with E-state index >= 15 is 0 Å². The van der Waals surface area contributed by atoms with Crippen LogP contribution in [0.4, 0.5) is 0 Å². The predicted molar refractivity (Wildman–Crippen MR) is 86.4 cm³/mol. The molecule has 1 saturated carbocycles. The molecule has 1 aliphatic heterocycles. The van der Waals surface area contributed by atoms with Crippen LogP contribution in [-0.2, 0) is 4.74 Å². The maximum atomic E-state index is 6.19. The Labute approximate surface area is 128 Å². The summed E-state index contributed by atoms with van der Waals surface area (Å²) >= 11 is 0. The van der Waals surface area contributed by atoms with Gasteiger partial charge in [-0.15, -0.1) is 0 Å². The van der Waals surface area contributed by atoms with E-state index < -0.39 is 0 Å². The van der Waals surface area contributed by atoms with Crippen LogP contribution in [0.2, 0.25) is 0 Å². The van der Waals surface area contributed by atoms with Crippen LogP contribution in [0, 0.1) is 13.8 Å². The van der Waals surface area contributed by atoms with Crippen molar-refractivity contribution in [1.82, 2.24) is 4.90 Å². The SMILES string of the molecule is Cc1cccc(C(CN)N2CCOC3CCCCC32)c1C. The second-order valence-corrected chi connectivity index (χ2v) is 6.54. The Balaban J connectivity index is 1.89. The van der Waals surface area contributed by atoms with Gasteiger partial charge in [-0.25, -0.2) is 0 Å². The van der Waals surface area contributed by atoms with E-state index in [2.05, 4.69) is 36.9 Å². The number of rotatable bonds is 3.